The average Bonchev–Trinajstić information content (AvgIpc) is 2.75. The smallest absolute Gasteiger partial charge is 0.129 e. The maximum atomic E-state index is 13.6. The predicted octanol–water partition coefficient (Wildman–Crippen LogP) is 3.85. The molecule has 0 radical (unpaired) electrons. The van der Waals surface area contributed by atoms with Gasteiger partial charge in [0.25, 0.3) is 0 Å². The van der Waals surface area contributed by atoms with E-state index in [4.69, 9.17) is 11.6 Å². The third kappa shape index (κ3) is 3.36. The van der Waals surface area contributed by atoms with Crippen molar-refractivity contribution in [1.82, 2.24) is 5.32 Å². The fourth-order valence-electron chi connectivity index (χ4n) is 2.35. The Balaban J connectivity index is 1.93. The molecule has 17 heavy (non-hydrogen) atoms. The summed E-state index contributed by atoms with van der Waals surface area (Å²) in [5.74, 6) is -0.219. The Morgan fingerprint density at radius 1 is 1.47 bits per heavy atom. The topological polar surface area (TPSA) is 12.0 Å². The van der Waals surface area contributed by atoms with Gasteiger partial charge in [0.1, 0.15) is 5.82 Å². The summed E-state index contributed by atoms with van der Waals surface area (Å²) < 4.78 is 13.6. The molecule has 0 aromatic heterocycles. The van der Waals surface area contributed by atoms with Gasteiger partial charge in [0.2, 0.25) is 0 Å². The second-order valence-electron chi connectivity index (χ2n) is 4.43. The average molecular weight is 274 g/mol. The summed E-state index contributed by atoms with van der Waals surface area (Å²) >= 11 is 7.63. The van der Waals surface area contributed by atoms with E-state index in [0.29, 0.717) is 28.4 Å². The van der Waals surface area contributed by atoms with Crippen LogP contribution in [0.4, 0.5) is 4.39 Å². The Bertz CT molecular complexity index is 386. The zero-order chi connectivity index (χ0) is 12.3. The molecule has 0 bridgehead atoms. The molecular weight excluding hydrogens is 257 g/mol. The molecule has 94 valence electrons. The van der Waals surface area contributed by atoms with Crippen LogP contribution in [0, 0.1) is 5.82 Å². The molecule has 2 unspecified atom stereocenters. The molecule has 1 nitrogen and oxygen atoms in total. The molecular formula is C13H17ClFNS. The van der Waals surface area contributed by atoms with E-state index < -0.39 is 0 Å². The quantitative estimate of drug-likeness (QED) is 0.894. The van der Waals surface area contributed by atoms with Gasteiger partial charge in [-0.15, -0.1) is 0 Å². The van der Waals surface area contributed by atoms with Crippen molar-refractivity contribution >= 4 is 23.4 Å². The lowest BCUT2D eigenvalue weighted by Gasteiger charge is -2.19. The van der Waals surface area contributed by atoms with Crippen molar-refractivity contribution in [3.8, 4) is 0 Å². The minimum Gasteiger partial charge on any atom is -0.309 e. The normalized spacial score (nSPS) is 24.2. The molecule has 1 fully saturated rings. The number of halogens is 2. The van der Waals surface area contributed by atoms with E-state index >= 15 is 0 Å². The predicted molar refractivity (Wildman–Crippen MR) is 73.2 cm³/mol. The highest BCUT2D eigenvalue weighted by Crippen LogP contribution is 2.28. The van der Waals surface area contributed by atoms with Crippen LogP contribution in [0.15, 0.2) is 18.2 Å². The molecule has 0 heterocycles. The van der Waals surface area contributed by atoms with Crippen LogP contribution in [0.2, 0.25) is 5.02 Å². The second-order valence-corrected chi connectivity index (χ2v) is 5.94. The molecule has 0 spiro atoms. The fraction of sp³-hybridized carbons (Fsp3) is 0.538. The summed E-state index contributed by atoms with van der Waals surface area (Å²) in [6, 6.07) is 5.38. The van der Waals surface area contributed by atoms with Crippen LogP contribution in [-0.4, -0.2) is 17.5 Å². The van der Waals surface area contributed by atoms with Crippen molar-refractivity contribution in [2.75, 3.05) is 6.26 Å². The first kappa shape index (κ1) is 13.2. The Labute approximate surface area is 111 Å². The van der Waals surface area contributed by atoms with Gasteiger partial charge in [-0.1, -0.05) is 24.1 Å². The van der Waals surface area contributed by atoms with Crippen molar-refractivity contribution in [2.45, 2.75) is 37.1 Å². The van der Waals surface area contributed by atoms with E-state index in [-0.39, 0.29) is 5.82 Å². The van der Waals surface area contributed by atoms with Crippen LogP contribution in [-0.2, 0) is 6.54 Å². The molecule has 2 rings (SSSR count). The van der Waals surface area contributed by atoms with Crippen LogP contribution in [0.25, 0.3) is 0 Å². The minimum absolute atomic E-state index is 0.219. The molecule has 1 aromatic carbocycles. The zero-order valence-electron chi connectivity index (χ0n) is 9.88. The van der Waals surface area contributed by atoms with Crippen LogP contribution >= 0.6 is 23.4 Å². The molecule has 1 aliphatic carbocycles. The Morgan fingerprint density at radius 2 is 2.29 bits per heavy atom. The highest BCUT2D eigenvalue weighted by atomic mass is 35.5. The molecule has 0 saturated heterocycles. The van der Waals surface area contributed by atoms with Crippen molar-refractivity contribution in [1.29, 1.82) is 0 Å². The first-order chi connectivity index (χ1) is 8.20. The Morgan fingerprint density at radius 3 is 3.00 bits per heavy atom. The standard InChI is InChI=1S/C13H17ClFNS/c1-17-13-4-2-3-12(13)16-8-9-5-6-10(14)7-11(9)15/h5-7,12-13,16H,2-4,8H2,1H3. The first-order valence-corrected chi connectivity index (χ1v) is 7.57. The van der Waals surface area contributed by atoms with Gasteiger partial charge >= 0.3 is 0 Å². The molecule has 0 amide bonds. The lowest BCUT2D eigenvalue weighted by molar-refractivity contribution is 0.515. The fourth-order valence-corrected chi connectivity index (χ4v) is 3.47. The minimum atomic E-state index is -0.219. The molecule has 1 aliphatic rings. The van der Waals surface area contributed by atoms with Gasteiger partial charge in [-0.25, -0.2) is 4.39 Å². The van der Waals surface area contributed by atoms with Crippen molar-refractivity contribution in [2.24, 2.45) is 0 Å². The van der Waals surface area contributed by atoms with Gasteiger partial charge < -0.3 is 5.32 Å². The van der Waals surface area contributed by atoms with E-state index in [1.54, 1.807) is 12.1 Å². The Kier molecular flexibility index (Phi) is 4.71. The largest absolute Gasteiger partial charge is 0.309 e. The van der Waals surface area contributed by atoms with Crippen molar-refractivity contribution in [3.63, 3.8) is 0 Å². The van der Waals surface area contributed by atoms with Gasteiger partial charge in [-0.05, 0) is 31.2 Å². The number of nitrogens with one attached hydrogen (secondary N) is 1. The monoisotopic (exact) mass is 273 g/mol. The molecule has 1 aromatic rings. The lowest BCUT2D eigenvalue weighted by Crippen LogP contribution is -2.33. The third-order valence-electron chi connectivity index (χ3n) is 3.33. The van der Waals surface area contributed by atoms with Gasteiger partial charge in [-0.3, -0.25) is 0 Å². The number of hydrogen-bond acceptors (Lipinski definition) is 2. The van der Waals surface area contributed by atoms with Crippen LogP contribution in [0.1, 0.15) is 24.8 Å². The van der Waals surface area contributed by atoms with Gasteiger partial charge in [-0.2, -0.15) is 11.8 Å². The number of thioether (sulfide) groups is 1. The van der Waals surface area contributed by atoms with E-state index in [0.717, 1.165) is 0 Å². The van der Waals surface area contributed by atoms with E-state index in [1.807, 2.05) is 11.8 Å². The summed E-state index contributed by atoms with van der Waals surface area (Å²) in [5.41, 5.74) is 0.696. The van der Waals surface area contributed by atoms with Gasteiger partial charge in [0.15, 0.2) is 0 Å². The number of hydrogen-bond donors (Lipinski definition) is 1. The summed E-state index contributed by atoms with van der Waals surface area (Å²) in [6.45, 7) is 0.588. The maximum Gasteiger partial charge on any atom is 0.129 e. The van der Waals surface area contributed by atoms with E-state index in [1.165, 1.54) is 25.3 Å². The molecule has 2 atom stereocenters. The highest BCUT2D eigenvalue weighted by Gasteiger charge is 2.25. The summed E-state index contributed by atoms with van der Waals surface area (Å²) in [4.78, 5) is 0. The summed E-state index contributed by atoms with van der Waals surface area (Å²) in [5, 5.41) is 4.58. The summed E-state index contributed by atoms with van der Waals surface area (Å²) in [7, 11) is 0. The molecule has 1 N–H and O–H groups in total. The van der Waals surface area contributed by atoms with Crippen LogP contribution < -0.4 is 5.32 Å². The van der Waals surface area contributed by atoms with Gasteiger partial charge in [0, 0.05) is 28.4 Å². The van der Waals surface area contributed by atoms with E-state index in [9.17, 15) is 4.39 Å². The third-order valence-corrected chi connectivity index (χ3v) is 4.73. The maximum absolute atomic E-state index is 13.6. The van der Waals surface area contributed by atoms with Crippen LogP contribution in [0.5, 0.6) is 0 Å². The van der Waals surface area contributed by atoms with E-state index in [2.05, 4.69) is 11.6 Å². The highest BCUT2D eigenvalue weighted by molar-refractivity contribution is 7.99. The Hall–Kier alpha value is -0.250. The second kappa shape index (κ2) is 6.07. The molecule has 1 saturated carbocycles. The summed E-state index contributed by atoms with van der Waals surface area (Å²) in [6.07, 6.45) is 5.88. The molecule has 4 heteroatoms. The SMILES string of the molecule is CSC1CCCC1NCc1ccc(Cl)cc1F. The zero-order valence-corrected chi connectivity index (χ0v) is 11.5. The van der Waals surface area contributed by atoms with Gasteiger partial charge in [0.05, 0.1) is 0 Å². The van der Waals surface area contributed by atoms with Crippen molar-refractivity contribution < 1.29 is 4.39 Å². The molecule has 0 aliphatic heterocycles. The lowest BCUT2D eigenvalue weighted by atomic mass is 10.2. The first-order valence-electron chi connectivity index (χ1n) is 5.91. The van der Waals surface area contributed by atoms with Crippen molar-refractivity contribution in [3.05, 3.63) is 34.6 Å². The van der Waals surface area contributed by atoms with Crippen LogP contribution in [0.3, 0.4) is 0 Å². The number of benzene rings is 1. The number of rotatable bonds is 4.